The smallest absolute Gasteiger partial charge is 0.309 e. The van der Waals surface area contributed by atoms with Crippen LogP contribution in [-0.4, -0.2) is 17.6 Å². The average molecular weight is 198 g/mol. The molecule has 1 aromatic rings. The maximum atomic E-state index is 9.78. The number of amides is 2. The van der Waals surface area contributed by atoms with E-state index in [1.807, 2.05) is 0 Å². The van der Waals surface area contributed by atoms with Crippen LogP contribution in [0.3, 0.4) is 0 Å². The Bertz CT molecular complexity index is 310. The first-order valence-corrected chi connectivity index (χ1v) is 3.50. The maximum Gasteiger partial charge on any atom is 0.309 e. The second-order valence-corrected chi connectivity index (χ2v) is 2.11. The van der Waals surface area contributed by atoms with Crippen molar-refractivity contribution in [3.63, 3.8) is 0 Å². The number of aromatic hydroxyl groups is 1. The van der Waals surface area contributed by atoms with Crippen LogP contribution in [-0.2, 0) is 4.79 Å². The number of ether oxygens (including phenoxy) is 1. The zero-order valence-corrected chi connectivity index (χ0v) is 7.21. The van der Waals surface area contributed by atoms with Crippen LogP contribution in [0.25, 0.3) is 0 Å². The number of hydrogen-bond acceptors (Lipinski definition) is 4. The fourth-order valence-corrected chi connectivity index (χ4v) is 0.612. The Labute approximate surface area is 80.1 Å². The minimum absolute atomic E-state index is 0.0827. The molecule has 0 bridgehead atoms. The second kappa shape index (κ2) is 6.30. The number of rotatable bonds is 2. The second-order valence-electron chi connectivity index (χ2n) is 2.11. The molecule has 0 fully saturated rings. The van der Waals surface area contributed by atoms with Gasteiger partial charge in [-0.1, -0.05) is 6.07 Å². The molecule has 1 aromatic carbocycles. The van der Waals surface area contributed by atoms with Crippen molar-refractivity contribution < 1.29 is 19.4 Å². The lowest BCUT2D eigenvalue weighted by Crippen LogP contribution is -2.18. The Kier molecular flexibility index (Phi) is 5.29. The fourth-order valence-electron chi connectivity index (χ4n) is 0.612. The van der Waals surface area contributed by atoms with Crippen molar-refractivity contribution in [2.24, 2.45) is 11.5 Å². The Morgan fingerprint density at radius 1 is 1.43 bits per heavy atom. The number of phenols is 1. The topological polar surface area (TPSA) is 116 Å². The number of nitrogens with two attached hydrogens (primary N) is 2. The predicted octanol–water partition coefficient (Wildman–Crippen LogP) is -0.0488. The number of carbonyl (C=O) groups is 2. The van der Waals surface area contributed by atoms with Gasteiger partial charge in [-0.15, -0.1) is 0 Å². The highest BCUT2D eigenvalue weighted by atomic mass is 16.5. The van der Waals surface area contributed by atoms with Crippen LogP contribution < -0.4 is 16.2 Å². The quantitative estimate of drug-likeness (QED) is 0.577. The van der Waals surface area contributed by atoms with Crippen molar-refractivity contribution >= 4 is 12.5 Å². The van der Waals surface area contributed by atoms with Gasteiger partial charge in [-0.2, -0.15) is 0 Å². The van der Waals surface area contributed by atoms with Crippen molar-refractivity contribution in [3.05, 3.63) is 24.3 Å². The Balaban J connectivity index is 0.000000364. The summed E-state index contributed by atoms with van der Waals surface area (Å²) in [6.45, 7) is 0.314. The van der Waals surface area contributed by atoms with Crippen molar-refractivity contribution in [3.8, 4) is 11.5 Å². The molecule has 0 saturated carbocycles. The van der Waals surface area contributed by atoms with Crippen molar-refractivity contribution in [2.45, 2.75) is 0 Å². The average Bonchev–Trinajstić information content (AvgIpc) is 2.03. The molecular formula is C8H10N2O4. The van der Waals surface area contributed by atoms with Gasteiger partial charge in [-0.3, -0.25) is 4.79 Å². The van der Waals surface area contributed by atoms with Crippen LogP contribution >= 0.6 is 0 Å². The summed E-state index contributed by atoms with van der Waals surface area (Å²) in [5.41, 5.74) is 8.50. The highest BCUT2D eigenvalue weighted by Crippen LogP contribution is 2.16. The predicted molar refractivity (Wildman–Crippen MR) is 48.6 cm³/mol. The molecule has 0 spiro atoms. The van der Waals surface area contributed by atoms with Crippen molar-refractivity contribution in [1.29, 1.82) is 0 Å². The van der Waals surface area contributed by atoms with Gasteiger partial charge in [-0.05, 0) is 12.1 Å². The van der Waals surface area contributed by atoms with E-state index in [-0.39, 0.29) is 5.75 Å². The van der Waals surface area contributed by atoms with Crippen molar-refractivity contribution in [1.82, 2.24) is 0 Å². The first-order valence-electron chi connectivity index (χ1n) is 3.50. The van der Waals surface area contributed by atoms with Gasteiger partial charge in [0.15, 0.2) is 0 Å². The lowest BCUT2D eigenvalue weighted by molar-refractivity contribution is -0.120. The zero-order valence-electron chi connectivity index (χ0n) is 7.21. The molecule has 0 aromatic heterocycles. The molecule has 5 N–H and O–H groups in total. The van der Waals surface area contributed by atoms with Crippen LogP contribution in [0.15, 0.2) is 24.3 Å². The summed E-state index contributed by atoms with van der Waals surface area (Å²) in [6, 6.07) is 5.19. The summed E-state index contributed by atoms with van der Waals surface area (Å²) >= 11 is 0. The SMILES string of the molecule is NC(N)=O.O=COc1cccc(O)c1. The third-order valence-electron chi connectivity index (χ3n) is 1.00. The van der Waals surface area contributed by atoms with E-state index >= 15 is 0 Å². The first-order chi connectivity index (χ1) is 6.56. The van der Waals surface area contributed by atoms with Gasteiger partial charge in [0.1, 0.15) is 11.5 Å². The molecule has 0 atom stereocenters. The number of benzene rings is 1. The highest BCUT2D eigenvalue weighted by molar-refractivity contribution is 5.69. The fraction of sp³-hybridized carbons (Fsp3) is 0. The van der Waals surface area contributed by atoms with Gasteiger partial charge in [0, 0.05) is 6.07 Å². The van der Waals surface area contributed by atoms with E-state index in [1.54, 1.807) is 12.1 Å². The van der Waals surface area contributed by atoms with Gasteiger partial charge in [0.05, 0.1) is 0 Å². The summed E-state index contributed by atoms with van der Waals surface area (Å²) in [6.07, 6.45) is 0. The summed E-state index contributed by atoms with van der Waals surface area (Å²) < 4.78 is 4.45. The summed E-state index contributed by atoms with van der Waals surface area (Å²) in [5.74, 6) is 0.425. The lowest BCUT2D eigenvalue weighted by Gasteiger charge is -1.95. The first kappa shape index (κ1) is 11.8. The largest absolute Gasteiger partial charge is 0.508 e. The van der Waals surface area contributed by atoms with E-state index in [4.69, 9.17) is 9.90 Å². The molecule has 2 amide bonds. The van der Waals surface area contributed by atoms with Gasteiger partial charge in [0.25, 0.3) is 6.47 Å². The molecular weight excluding hydrogens is 188 g/mol. The lowest BCUT2D eigenvalue weighted by atomic mass is 10.3. The molecule has 6 nitrogen and oxygen atoms in total. The Morgan fingerprint density at radius 2 is 2.00 bits per heavy atom. The van der Waals surface area contributed by atoms with E-state index in [1.165, 1.54) is 12.1 Å². The molecule has 0 aliphatic heterocycles. The highest BCUT2D eigenvalue weighted by Gasteiger charge is 1.91. The third kappa shape index (κ3) is 6.47. The van der Waals surface area contributed by atoms with Gasteiger partial charge < -0.3 is 21.3 Å². The van der Waals surface area contributed by atoms with Crippen LogP contribution in [0.4, 0.5) is 4.79 Å². The molecule has 0 unspecified atom stereocenters. The molecule has 0 heterocycles. The van der Waals surface area contributed by atoms with E-state index in [0.29, 0.717) is 12.2 Å². The summed E-state index contributed by atoms with van der Waals surface area (Å²) in [4.78, 5) is 18.8. The van der Waals surface area contributed by atoms with Gasteiger partial charge >= 0.3 is 6.03 Å². The molecule has 0 saturated heterocycles. The monoisotopic (exact) mass is 198 g/mol. The van der Waals surface area contributed by atoms with E-state index in [0.717, 1.165) is 0 Å². The molecule has 0 radical (unpaired) electrons. The normalized spacial score (nSPS) is 8.00. The number of carbonyl (C=O) groups excluding carboxylic acids is 2. The van der Waals surface area contributed by atoms with E-state index in [9.17, 15) is 4.79 Å². The number of hydrogen-bond donors (Lipinski definition) is 3. The summed E-state index contributed by atoms with van der Waals surface area (Å²) in [7, 11) is 0. The zero-order chi connectivity index (χ0) is 11.0. The van der Waals surface area contributed by atoms with Crippen LogP contribution in [0.1, 0.15) is 0 Å². The van der Waals surface area contributed by atoms with E-state index in [2.05, 4.69) is 16.2 Å². The van der Waals surface area contributed by atoms with Crippen LogP contribution in [0, 0.1) is 0 Å². The minimum Gasteiger partial charge on any atom is -0.508 e. The molecule has 1 rings (SSSR count). The maximum absolute atomic E-state index is 9.78. The minimum atomic E-state index is -0.833. The standard InChI is InChI=1S/C7H6O3.CH4N2O/c8-5-10-7-3-1-2-6(9)4-7;2-1(3)4/h1-5,9H;(H4,2,3,4). The van der Waals surface area contributed by atoms with Crippen LogP contribution in [0.5, 0.6) is 11.5 Å². The Morgan fingerprint density at radius 3 is 2.43 bits per heavy atom. The molecule has 0 aliphatic carbocycles. The Hall–Kier alpha value is -2.24. The van der Waals surface area contributed by atoms with Crippen LogP contribution in [0.2, 0.25) is 0 Å². The molecule has 6 heteroatoms. The number of urea groups is 1. The number of phenolic OH excluding ortho intramolecular Hbond substituents is 1. The number of primary amides is 2. The van der Waals surface area contributed by atoms with Gasteiger partial charge in [-0.25, -0.2) is 4.79 Å². The summed E-state index contributed by atoms with van der Waals surface area (Å²) in [5, 5.41) is 8.84. The van der Waals surface area contributed by atoms with Gasteiger partial charge in [0.2, 0.25) is 0 Å². The van der Waals surface area contributed by atoms with Crippen molar-refractivity contribution in [2.75, 3.05) is 0 Å². The third-order valence-corrected chi connectivity index (χ3v) is 1.00. The molecule has 14 heavy (non-hydrogen) atoms. The molecule has 0 aliphatic rings. The van der Waals surface area contributed by atoms with E-state index < -0.39 is 6.03 Å². The molecule has 76 valence electrons.